The van der Waals surface area contributed by atoms with Crippen molar-refractivity contribution in [3.8, 4) is 0 Å². The summed E-state index contributed by atoms with van der Waals surface area (Å²) in [5.41, 5.74) is 0.877. The third-order valence-corrected chi connectivity index (χ3v) is 5.43. The molecule has 0 bridgehead atoms. The predicted molar refractivity (Wildman–Crippen MR) is 86.5 cm³/mol. The van der Waals surface area contributed by atoms with Crippen LogP contribution in [0.15, 0.2) is 30.3 Å². The van der Waals surface area contributed by atoms with Crippen LogP contribution >= 0.6 is 0 Å². The molecule has 0 radical (unpaired) electrons. The number of hydrogen-bond donors (Lipinski definition) is 0. The summed E-state index contributed by atoms with van der Waals surface area (Å²) < 4.78 is 0. The lowest BCUT2D eigenvalue weighted by Crippen LogP contribution is -2.53. The van der Waals surface area contributed by atoms with Crippen molar-refractivity contribution in [3.63, 3.8) is 0 Å². The standard InChI is InChI=1S/C19H27NO/c1-2-17(19(21)16-10-4-3-5-11-16)20-14-8-12-15-9-6-7-13-18(15)20/h3-5,10-11,15,17-18H,2,6-9,12-14H2,1H3. The number of hydrogen-bond acceptors (Lipinski definition) is 2. The molecule has 1 heterocycles. The lowest BCUT2D eigenvalue weighted by molar-refractivity contribution is 0.0241. The molecule has 3 atom stereocenters. The Morgan fingerprint density at radius 3 is 2.62 bits per heavy atom. The smallest absolute Gasteiger partial charge is 0.179 e. The zero-order chi connectivity index (χ0) is 14.7. The van der Waals surface area contributed by atoms with Gasteiger partial charge in [-0.25, -0.2) is 0 Å². The third kappa shape index (κ3) is 3.06. The molecule has 2 nitrogen and oxygen atoms in total. The van der Waals surface area contributed by atoms with Crippen LogP contribution in [-0.4, -0.2) is 29.3 Å². The lowest BCUT2D eigenvalue weighted by atomic mass is 9.77. The summed E-state index contributed by atoms with van der Waals surface area (Å²) in [4.78, 5) is 15.5. The highest BCUT2D eigenvalue weighted by molar-refractivity contribution is 6.00. The molecule has 0 N–H and O–H groups in total. The number of Topliss-reactive ketones (excluding diaryl/α,β-unsaturated/α-hetero) is 1. The maximum atomic E-state index is 12.9. The van der Waals surface area contributed by atoms with E-state index in [-0.39, 0.29) is 6.04 Å². The summed E-state index contributed by atoms with van der Waals surface area (Å²) >= 11 is 0. The van der Waals surface area contributed by atoms with Crippen molar-refractivity contribution < 1.29 is 4.79 Å². The van der Waals surface area contributed by atoms with E-state index in [0.717, 1.165) is 24.4 Å². The Bertz CT molecular complexity index is 468. The average molecular weight is 285 g/mol. The number of fused-ring (bicyclic) bond motifs is 1. The highest BCUT2D eigenvalue weighted by Gasteiger charge is 2.38. The normalized spacial score (nSPS) is 27.9. The van der Waals surface area contributed by atoms with Gasteiger partial charge in [-0.15, -0.1) is 0 Å². The number of nitrogens with zero attached hydrogens (tertiary/aromatic N) is 1. The summed E-state index contributed by atoms with van der Waals surface area (Å²) in [6.07, 6.45) is 8.96. The molecule has 2 heteroatoms. The van der Waals surface area contributed by atoms with E-state index in [1.165, 1.54) is 38.5 Å². The van der Waals surface area contributed by atoms with Gasteiger partial charge in [0.15, 0.2) is 5.78 Å². The van der Waals surface area contributed by atoms with Crippen LogP contribution in [0.1, 0.15) is 62.2 Å². The van der Waals surface area contributed by atoms with Crippen LogP contribution in [0, 0.1) is 5.92 Å². The second-order valence-electron chi connectivity index (χ2n) is 6.65. The van der Waals surface area contributed by atoms with Crippen LogP contribution < -0.4 is 0 Å². The van der Waals surface area contributed by atoms with Crippen LogP contribution in [0.3, 0.4) is 0 Å². The Kier molecular flexibility index (Phi) is 4.74. The van der Waals surface area contributed by atoms with Crippen molar-refractivity contribution in [1.29, 1.82) is 0 Å². The fourth-order valence-corrected chi connectivity index (χ4v) is 4.42. The summed E-state index contributed by atoms with van der Waals surface area (Å²) in [7, 11) is 0. The van der Waals surface area contributed by atoms with Crippen LogP contribution in [0.2, 0.25) is 0 Å². The minimum absolute atomic E-state index is 0.0818. The van der Waals surface area contributed by atoms with Crippen molar-refractivity contribution in [2.45, 2.75) is 64.0 Å². The highest BCUT2D eigenvalue weighted by atomic mass is 16.1. The lowest BCUT2D eigenvalue weighted by Gasteiger charge is -2.47. The Hall–Kier alpha value is -1.15. The third-order valence-electron chi connectivity index (χ3n) is 5.43. The fraction of sp³-hybridized carbons (Fsp3) is 0.632. The molecule has 0 aromatic heterocycles. The zero-order valence-electron chi connectivity index (χ0n) is 13.1. The van der Waals surface area contributed by atoms with E-state index in [0.29, 0.717) is 11.8 Å². The Morgan fingerprint density at radius 1 is 1.14 bits per heavy atom. The molecule has 1 aliphatic heterocycles. The van der Waals surface area contributed by atoms with Crippen LogP contribution in [0.4, 0.5) is 0 Å². The van der Waals surface area contributed by atoms with Gasteiger partial charge in [-0.05, 0) is 44.6 Å². The molecule has 3 rings (SSSR count). The molecule has 1 aromatic carbocycles. The van der Waals surface area contributed by atoms with Gasteiger partial charge < -0.3 is 0 Å². The van der Waals surface area contributed by atoms with Crippen molar-refractivity contribution >= 4 is 5.78 Å². The number of piperidine rings is 1. The van der Waals surface area contributed by atoms with E-state index in [9.17, 15) is 4.79 Å². The Morgan fingerprint density at radius 2 is 1.86 bits per heavy atom. The van der Waals surface area contributed by atoms with Gasteiger partial charge >= 0.3 is 0 Å². The van der Waals surface area contributed by atoms with Gasteiger partial charge in [-0.3, -0.25) is 9.69 Å². The number of ketones is 1. The van der Waals surface area contributed by atoms with Crippen molar-refractivity contribution in [2.24, 2.45) is 5.92 Å². The maximum Gasteiger partial charge on any atom is 0.179 e. The van der Waals surface area contributed by atoms with Gasteiger partial charge in [-0.2, -0.15) is 0 Å². The minimum Gasteiger partial charge on any atom is -0.292 e. The van der Waals surface area contributed by atoms with Gasteiger partial charge in [0, 0.05) is 11.6 Å². The molecular weight excluding hydrogens is 258 g/mol. The SMILES string of the molecule is CCC(C(=O)c1ccccc1)N1CCCC2CCCCC21. The second kappa shape index (κ2) is 6.74. The second-order valence-corrected chi connectivity index (χ2v) is 6.65. The van der Waals surface area contributed by atoms with E-state index >= 15 is 0 Å². The fourth-order valence-electron chi connectivity index (χ4n) is 4.42. The Labute approximate surface area is 128 Å². The van der Waals surface area contributed by atoms with Gasteiger partial charge in [0.05, 0.1) is 6.04 Å². The van der Waals surface area contributed by atoms with E-state index in [1.807, 2.05) is 30.3 Å². The maximum absolute atomic E-state index is 12.9. The highest BCUT2D eigenvalue weighted by Crippen LogP contribution is 2.37. The Balaban J connectivity index is 1.80. The molecule has 114 valence electrons. The van der Waals surface area contributed by atoms with Crippen LogP contribution in [0.5, 0.6) is 0 Å². The largest absolute Gasteiger partial charge is 0.292 e. The summed E-state index contributed by atoms with van der Waals surface area (Å²) in [5.74, 6) is 1.16. The first kappa shape index (κ1) is 14.8. The van der Waals surface area contributed by atoms with Crippen LogP contribution in [-0.2, 0) is 0 Å². The zero-order valence-corrected chi connectivity index (χ0v) is 13.1. The summed E-state index contributed by atoms with van der Waals surface area (Å²) in [5, 5.41) is 0. The molecule has 1 aromatic rings. The summed E-state index contributed by atoms with van der Waals surface area (Å²) in [6.45, 7) is 3.27. The van der Waals surface area contributed by atoms with Gasteiger partial charge in [0.1, 0.15) is 0 Å². The van der Waals surface area contributed by atoms with Crippen molar-refractivity contribution in [3.05, 3.63) is 35.9 Å². The van der Waals surface area contributed by atoms with E-state index in [4.69, 9.17) is 0 Å². The van der Waals surface area contributed by atoms with E-state index < -0.39 is 0 Å². The van der Waals surface area contributed by atoms with E-state index in [2.05, 4.69) is 11.8 Å². The first-order valence-electron chi connectivity index (χ1n) is 8.66. The molecule has 0 amide bonds. The number of carbonyl (C=O) groups excluding carboxylic acids is 1. The monoisotopic (exact) mass is 285 g/mol. The van der Waals surface area contributed by atoms with Crippen molar-refractivity contribution in [2.75, 3.05) is 6.54 Å². The topological polar surface area (TPSA) is 20.3 Å². The number of benzene rings is 1. The molecule has 2 aliphatic rings. The van der Waals surface area contributed by atoms with Gasteiger partial charge in [-0.1, -0.05) is 50.1 Å². The number of likely N-dealkylation sites (tertiary alicyclic amines) is 1. The van der Waals surface area contributed by atoms with Crippen LogP contribution in [0.25, 0.3) is 0 Å². The molecule has 1 aliphatic carbocycles. The minimum atomic E-state index is 0.0818. The molecule has 2 fully saturated rings. The summed E-state index contributed by atoms with van der Waals surface area (Å²) in [6, 6.07) is 10.6. The predicted octanol–water partition coefficient (Wildman–Crippen LogP) is 4.30. The molecule has 1 saturated heterocycles. The van der Waals surface area contributed by atoms with Crippen molar-refractivity contribution in [1.82, 2.24) is 4.90 Å². The first-order valence-corrected chi connectivity index (χ1v) is 8.66. The van der Waals surface area contributed by atoms with Gasteiger partial charge in [0.2, 0.25) is 0 Å². The number of carbonyl (C=O) groups is 1. The average Bonchev–Trinajstić information content (AvgIpc) is 2.56. The number of rotatable bonds is 4. The first-order chi connectivity index (χ1) is 10.3. The molecular formula is C19H27NO. The van der Waals surface area contributed by atoms with E-state index in [1.54, 1.807) is 0 Å². The molecule has 0 spiro atoms. The van der Waals surface area contributed by atoms with Gasteiger partial charge in [0.25, 0.3) is 0 Å². The quantitative estimate of drug-likeness (QED) is 0.769. The molecule has 21 heavy (non-hydrogen) atoms. The molecule has 3 unspecified atom stereocenters. The molecule has 1 saturated carbocycles.